The van der Waals surface area contributed by atoms with Crippen LogP contribution in [-0.2, 0) is 9.53 Å². The Morgan fingerprint density at radius 2 is 1.82 bits per heavy atom. The summed E-state index contributed by atoms with van der Waals surface area (Å²) in [5, 5.41) is 15.5. The van der Waals surface area contributed by atoms with Crippen LogP contribution >= 0.6 is 0 Å². The van der Waals surface area contributed by atoms with E-state index in [1.54, 1.807) is 0 Å². The predicted molar refractivity (Wildman–Crippen MR) is 130 cm³/mol. The fourth-order valence-electron chi connectivity index (χ4n) is 5.77. The van der Waals surface area contributed by atoms with Gasteiger partial charge in [-0.1, -0.05) is 25.1 Å². The second-order valence-electron chi connectivity index (χ2n) is 9.86. The highest BCUT2D eigenvalue weighted by Crippen LogP contribution is 2.39. The molecule has 7 nitrogen and oxygen atoms in total. The number of carbonyl (C=O) groups excluding carboxylic acids is 1. The van der Waals surface area contributed by atoms with Gasteiger partial charge in [0.25, 0.3) is 0 Å². The molecule has 2 aliphatic heterocycles. The van der Waals surface area contributed by atoms with Crippen molar-refractivity contribution in [2.75, 3.05) is 43.5 Å². The summed E-state index contributed by atoms with van der Waals surface area (Å²) in [5.41, 5.74) is 2.42. The number of aromatic nitrogens is 2. The molecule has 2 N–H and O–H groups in total. The van der Waals surface area contributed by atoms with Gasteiger partial charge < -0.3 is 20.3 Å². The molecular formula is C26H35N5O2. The van der Waals surface area contributed by atoms with E-state index < -0.39 is 0 Å². The van der Waals surface area contributed by atoms with Gasteiger partial charge in [-0.25, -0.2) is 0 Å². The van der Waals surface area contributed by atoms with Crippen molar-refractivity contribution >= 4 is 17.4 Å². The molecule has 33 heavy (non-hydrogen) atoms. The molecule has 1 aliphatic carbocycles. The monoisotopic (exact) mass is 449 g/mol. The van der Waals surface area contributed by atoms with Crippen LogP contribution in [0.5, 0.6) is 0 Å². The van der Waals surface area contributed by atoms with Crippen molar-refractivity contribution in [2.45, 2.75) is 45.1 Å². The van der Waals surface area contributed by atoms with E-state index in [1.807, 2.05) is 43.3 Å². The summed E-state index contributed by atoms with van der Waals surface area (Å²) in [4.78, 5) is 14.5. The third-order valence-corrected chi connectivity index (χ3v) is 7.50. The quantitative estimate of drug-likeness (QED) is 0.664. The average Bonchev–Trinajstić information content (AvgIpc) is 3.38. The minimum absolute atomic E-state index is 0.00759. The summed E-state index contributed by atoms with van der Waals surface area (Å²) in [6.07, 6.45) is 5.31. The SMILES string of the molecule is CCC(=O)Nc1ccccc1-c1ccc(NC2CC3CN(CC4CCOCC4)C[C@H]3C2)nn1. The second kappa shape index (κ2) is 10.2. The van der Waals surface area contributed by atoms with Crippen LogP contribution in [0.15, 0.2) is 36.4 Å². The summed E-state index contributed by atoms with van der Waals surface area (Å²) in [7, 11) is 0. The number of para-hydroxylation sites is 1. The Morgan fingerprint density at radius 3 is 2.52 bits per heavy atom. The predicted octanol–water partition coefficient (Wildman–Crippen LogP) is 4.04. The Bertz CT molecular complexity index is 930. The number of hydrogen-bond donors (Lipinski definition) is 2. The number of rotatable bonds is 7. The fraction of sp³-hybridized carbons (Fsp3) is 0.577. The summed E-state index contributed by atoms with van der Waals surface area (Å²) in [5.74, 6) is 3.23. The van der Waals surface area contributed by atoms with Gasteiger partial charge in [0.2, 0.25) is 5.91 Å². The first-order valence-electron chi connectivity index (χ1n) is 12.5. The summed E-state index contributed by atoms with van der Waals surface area (Å²) >= 11 is 0. The molecule has 1 saturated carbocycles. The molecule has 3 aliphatic rings. The lowest BCUT2D eigenvalue weighted by Gasteiger charge is -2.27. The first kappa shape index (κ1) is 22.3. The van der Waals surface area contributed by atoms with Crippen LogP contribution in [0.1, 0.15) is 39.0 Å². The topological polar surface area (TPSA) is 79.4 Å². The minimum Gasteiger partial charge on any atom is -0.381 e. The number of anilines is 2. The summed E-state index contributed by atoms with van der Waals surface area (Å²) in [6.45, 7) is 7.46. The molecule has 3 heterocycles. The molecule has 5 rings (SSSR count). The van der Waals surface area contributed by atoms with Crippen LogP contribution in [0, 0.1) is 17.8 Å². The standard InChI is InChI=1S/C26H35N5O2/c1-2-26(32)28-23-6-4-3-5-22(23)24-7-8-25(30-29-24)27-21-13-19-16-31(17-20(19)14-21)15-18-9-11-33-12-10-18/h3-8,18-21H,2,9-17H2,1H3,(H,27,30)(H,28,32)/t19-,20?,21?/m1/s1. The van der Waals surface area contributed by atoms with E-state index in [1.165, 1.54) is 45.3 Å². The Kier molecular flexibility index (Phi) is 6.88. The number of carbonyl (C=O) groups is 1. The lowest BCUT2D eigenvalue weighted by Crippen LogP contribution is -2.32. The maximum Gasteiger partial charge on any atom is 0.224 e. The summed E-state index contributed by atoms with van der Waals surface area (Å²) < 4.78 is 5.51. The zero-order chi connectivity index (χ0) is 22.6. The highest BCUT2D eigenvalue weighted by atomic mass is 16.5. The van der Waals surface area contributed by atoms with Gasteiger partial charge in [0.15, 0.2) is 0 Å². The molecule has 3 atom stereocenters. The molecule has 7 heteroatoms. The normalized spacial score (nSPS) is 25.7. The number of nitrogens with one attached hydrogen (secondary N) is 2. The molecule has 2 saturated heterocycles. The minimum atomic E-state index is -0.00759. The third-order valence-electron chi connectivity index (χ3n) is 7.50. The smallest absolute Gasteiger partial charge is 0.224 e. The summed E-state index contributed by atoms with van der Waals surface area (Å²) in [6, 6.07) is 12.2. The van der Waals surface area contributed by atoms with E-state index in [-0.39, 0.29) is 5.91 Å². The molecule has 1 amide bonds. The van der Waals surface area contributed by atoms with Crippen molar-refractivity contribution < 1.29 is 9.53 Å². The molecule has 2 unspecified atom stereocenters. The zero-order valence-electron chi connectivity index (χ0n) is 19.5. The van der Waals surface area contributed by atoms with E-state index in [9.17, 15) is 4.79 Å². The molecule has 1 aromatic heterocycles. The number of benzene rings is 1. The van der Waals surface area contributed by atoms with E-state index in [0.717, 1.165) is 53.7 Å². The van der Waals surface area contributed by atoms with Crippen LogP contribution in [0.3, 0.4) is 0 Å². The van der Waals surface area contributed by atoms with Crippen LogP contribution < -0.4 is 10.6 Å². The van der Waals surface area contributed by atoms with E-state index >= 15 is 0 Å². The number of fused-ring (bicyclic) bond motifs is 1. The van der Waals surface area contributed by atoms with E-state index in [4.69, 9.17) is 4.74 Å². The van der Waals surface area contributed by atoms with Gasteiger partial charge in [-0.15, -0.1) is 10.2 Å². The highest BCUT2D eigenvalue weighted by Gasteiger charge is 2.41. The molecule has 1 aromatic carbocycles. The van der Waals surface area contributed by atoms with Gasteiger partial charge in [-0.2, -0.15) is 0 Å². The number of amides is 1. The van der Waals surface area contributed by atoms with Crippen LogP contribution in [0.4, 0.5) is 11.5 Å². The largest absolute Gasteiger partial charge is 0.381 e. The molecule has 2 aromatic rings. The molecule has 0 bridgehead atoms. The van der Waals surface area contributed by atoms with Crippen molar-refractivity contribution in [1.82, 2.24) is 15.1 Å². The average molecular weight is 450 g/mol. The molecule has 176 valence electrons. The van der Waals surface area contributed by atoms with Crippen molar-refractivity contribution in [2.24, 2.45) is 17.8 Å². The van der Waals surface area contributed by atoms with Crippen molar-refractivity contribution in [1.29, 1.82) is 0 Å². The molecular weight excluding hydrogens is 414 g/mol. The van der Waals surface area contributed by atoms with Gasteiger partial charge >= 0.3 is 0 Å². The lowest BCUT2D eigenvalue weighted by molar-refractivity contribution is -0.115. The number of nitrogens with zero attached hydrogens (tertiary/aromatic N) is 3. The molecule has 0 spiro atoms. The van der Waals surface area contributed by atoms with Crippen molar-refractivity contribution in [3.05, 3.63) is 36.4 Å². The fourth-order valence-corrected chi connectivity index (χ4v) is 5.77. The zero-order valence-corrected chi connectivity index (χ0v) is 19.5. The lowest BCUT2D eigenvalue weighted by atomic mass is 10.00. The van der Waals surface area contributed by atoms with Crippen LogP contribution in [-0.4, -0.2) is 59.9 Å². The second-order valence-corrected chi connectivity index (χ2v) is 9.86. The Morgan fingerprint density at radius 1 is 1.06 bits per heavy atom. The first-order chi connectivity index (χ1) is 16.2. The van der Waals surface area contributed by atoms with Gasteiger partial charge in [0, 0.05) is 50.9 Å². The molecule has 3 fully saturated rings. The number of ether oxygens (including phenoxy) is 1. The van der Waals surface area contributed by atoms with Gasteiger partial charge in [-0.05, 0) is 61.6 Å². The first-order valence-corrected chi connectivity index (χ1v) is 12.5. The maximum absolute atomic E-state index is 11.8. The van der Waals surface area contributed by atoms with E-state index in [2.05, 4.69) is 25.7 Å². The van der Waals surface area contributed by atoms with Crippen LogP contribution in [0.25, 0.3) is 11.3 Å². The van der Waals surface area contributed by atoms with Crippen molar-refractivity contribution in [3.8, 4) is 11.3 Å². The highest BCUT2D eigenvalue weighted by molar-refractivity contribution is 5.94. The number of likely N-dealkylation sites (tertiary alicyclic amines) is 1. The third kappa shape index (κ3) is 5.36. The van der Waals surface area contributed by atoms with Gasteiger partial charge in [-0.3, -0.25) is 4.79 Å². The van der Waals surface area contributed by atoms with Crippen molar-refractivity contribution in [3.63, 3.8) is 0 Å². The Labute approximate surface area is 196 Å². The number of hydrogen-bond acceptors (Lipinski definition) is 6. The van der Waals surface area contributed by atoms with Crippen LogP contribution in [0.2, 0.25) is 0 Å². The Balaban J connectivity index is 1.15. The maximum atomic E-state index is 11.8. The molecule has 0 radical (unpaired) electrons. The van der Waals surface area contributed by atoms with Gasteiger partial charge in [0.05, 0.1) is 11.4 Å². The van der Waals surface area contributed by atoms with E-state index in [0.29, 0.717) is 12.5 Å². The van der Waals surface area contributed by atoms with Gasteiger partial charge in [0.1, 0.15) is 5.82 Å². The Hall–Kier alpha value is -2.51.